The molecular weight excluding hydrogens is 354 g/mol. The summed E-state index contributed by atoms with van der Waals surface area (Å²) in [6.45, 7) is 8.71. The second-order valence-corrected chi connectivity index (χ2v) is 8.82. The molecule has 0 aliphatic heterocycles. The van der Waals surface area contributed by atoms with Gasteiger partial charge in [0.25, 0.3) is 0 Å². The van der Waals surface area contributed by atoms with Crippen LogP contribution in [-0.4, -0.2) is 42.9 Å². The fraction of sp³-hybridized carbons (Fsp3) is 1.00. The fourth-order valence-corrected chi connectivity index (χ4v) is 4.04. The van der Waals surface area contributed by atoms with Crippen molar-refractivity contribution in [3.8, 4) is 0 Å². The minimum Gasteiger partial charge on any atom is -1.00 e. The average Bonchev–Trinajstić information content (AvgIpc) is 2.64. The first-order valence-corrected chi connectivity index (χ1v) is 12.1. The third-order valence-corrected chi connectivity index (χ3v) is 5.96. The number of unbranched alkanes of at least 4 members (excludes halogenated alkanes) is 14. The molecule has 0 radical (unpaired) electrons. The lowest BCUT2D eigenvalue weighted by molar-refractivity contribution is -0.910. The van der Waals surface area contributed by atoms with Gasteiger partial charge in [-0.05, 0) is 25.7 Å². The number of hydrogen-bond acceptors (Lipinski definition) is 1. The van der Waals surface area contributed by atoms with Gasteiger partial charge >= 0.3 is 0 Å². The fourth-order valence-electron chi connectivity index (χ4n) is 4.04. The van der Waals surface area contributed by atoms with Gasteiger partial charge in [0.1, 0.15) is 0 Å². The standard InChI is InChI=1S/C24H52NO.ClH/c1-4-6-8-10-12-14-16-18-21-25(3,23-20-24-26)22-19-17-15-13-11-9-7-5-2;/h26H,4-24H2,1-3H3;1H/q+1;/p-1. The molecule has 0 bridgehead atoms. The van der Waals surface area contributed by atoms with Crippen molar-refractivity contribution in [1.82, 2.24) is 0 Å². The van der Waals surface area contributed by atoms with Gasteiger partial charge in [0.2, 0.25) is 0 Å². The van der Waals surface area contributed by atoms with Crippen LogP contribution in [0.25, 0.3) is 0 Å². The molecule has 0 saturated heterocycles. The largest absolute Gasteiger partial charge is 1.00 e. The normalized spacial score (nSPS) is 11.6. The topological polar surface area (TPSA) is 20.2 Å². The van der Waals surface area contributed by atoms with E-state index in [-0.39, 0.29) is 12.4 Å². The molecule has 166 valence electrons. The van der Waals surface area contributed by atoms with Crippen molar-refractivity contribution in [3.05, 3.63) is 0 Å². The van der Waals surface area contributed by atoms with Gasteiger partial charge in [-0.3, -0.25) is 0 Å². The van der Waals surface area contributed by atoms with E-state index >= 15 is 0 Å². The lowest BCUT2D eigenvalue weighted by Crippen LogP contribution is -3.00. The number of rotatable bonds is 21. The Kier molecular flexibility index (Phi) is 24.5. The summed E-state index contributed by atoms with van der Waals surface area (Å²) in [5.74, 6) is 0. The van der Waals surface area contributed by atoms with E-state index in [0.29, 0.717) is 6.61 Å². The molecule has 0 fully saturated rings. The summed E-state index contributed by atoms with van der Waals surface area (Å²) in [6.07, 6.45) is 23.4. The highest BCUT2D eigenvalue weighted by molar-refractivity contribution is 4.50. The Hall–Kier alpha value is 0.210. The van der Waals surface area contributed by atoms with Gasteiger partial charge in [-0.2, -0.15) is 0 Å². The van der Waals surface area contributed by atoms with Crippen LogP contribution in [-0.2, 0) is 0 Å². The summed E-state index contributed by atoms with van der Waals surface area (Å²) in [6, 6.07) is 0. The number of aliphatic hydroxyl groups excluding tert-OH is 1. The first-order chi connectivity index (χ1) is 12.7. The van der Waals surface area contributed by atoms with Crippen LogP contribution in [0.5, 0.6) is 0 Å². The average molecular weight is 406 g/mol. The SMILES string of the molecule is CCCCCCCCCC[N+](C)(CCCO)CCCCCCCCCC.[Cl-]. The highest BCUT2D eigenvalue weighted by Gasteiger charge is 2.19. The smallest absolute Gasteiger partial charge is 0.0806 e. The Morgan fingerprint density at radius 3 is 1.11 bits per heavy atom. The van der Waals surface area contributed by atoms with Crippen molar-refractivity contribution >= 4 is 0 Å². The molecule has 0 aliphatic rings. The number of halogens is 1. The Bertz CT molecular complexity index is 253. The molecule has 0 heterocycles. The van der Waals surface area contributed by atoms with Gasteiger partial charge in [0, 0.05) is 13.0 Å². The van der Waals surface area contributed by atoms with Crippen LogP contribution in [0.3, 0.4) is 0 Å². The molecule has 0 unspecified atom stereocenters. The van der Waals surface area contributed by atoms with Gasteiger partial charge in [-0.15, -0.1) is 0 Å². The summed E-state index contributed by atoms with van der Waals surface area (Å²) in [5.41, 5.74) is 0. The molecule has 27 heavy (non-hydrogen) atoms. The summed E-state index contributed by atoms with van der Waals surface area (Å²) in [5, 5.41) is 9.24. The predicted octanol–water partition coefficient (Wildman–Crippen LogP) is 4.10. The molecule has 0 atom stereocenters. The van der Waals surface area contributed by atoms with E-state index in [1.807, 2.05) is 0 Å². The zero-order valence-electron chi connectivity index (χ0n) is 19.1. The Morgan fingerprint density at radius 1 is 0.481 bits per heavy atom. The number of quaternary nitrogens is 1. The zero-order valence-corrected chi connectivity index (χ0v) is 19.9. The molecule has 3 heteroatoms. The Balaban J connectivity index is 0. The number of hydrogen-bond donors (Lipinski definition) is 1. The second-order valence-electron chi connectivity index (χ2n) is 8.82. The lowest BCUT2D eigenvalue weighted by atomic mass is 10.1. The van der Waals surface area contributed by atoms with Crippen LogP contribution in [0, 0.1) is 0 Å². The molecule has 0 rings (SSSR count). The van der Waals surface area contributed by atoms with Crippen LogP contribution in [0.1, 0.15) is 123 Å². The van der Waals surface area contributed by atoms with Crippen LogP contribution >= 0.6 is 0 Å². The van der Waals surface area contributed by atoms with Crippen molar-refractivity contribution in [3.63, 3.8) is 0 Å². The van der Waals surface area contributed by atoms with E-state index < -0.39 is 0 Å². The van der Waals surface area contributed by atoms with Gasteiger partial charge in [0.05, 0.1) is 26.7 Å². The van der Waals surface area contributed by atoms with Gasteiger partial charge in [-0.25, -0.2) is 0 Å². The lowest BCUT2D eigenvalue weighted by Gasteiger charge is -2.35. The third kappa shape index (κ3) is 20.7. The molecular formula is C24H52ClNO. The van der Waals surface area contributed by atoms with Crippen molar-refractivity contribution in [2.45, 2.75) is 123 Å². The van der Waals surface area contributed by atoms with E-state index in [4.69, 9.17) is 0 Å². The van der Waals surface area contributed by atoms with E-state index in [0.717, 1.165) is 13.0 Å². The highest BCUT2D eigenvalue weighted by atomic mass is 35.5. The molecule has 0 aliphatic carbocycles. The van der Waals surface area contributed by atoms with Crippen molar-refractivity contribution in [1.29, 1.82) is 0 Å². The van der Waals surface area contributed by atoms with Crippen LogP contribution in [0.4, 0.5) is 0 Å². The Labute approximate surface area is 178 Å². The van der Waals surface area contributed by atoms with Crippen molar-refractivity contribution in [2.24, 2.45) is 0 Å². The predicted molar refractivity (Wildman–Crippen MR) is 118 cm³/mol. The second kappa shape index (κ2) is 22.5. The van der Waals surface area contributed by atoms with Gasteiger partial charge < -0.3 is 22.0 Å². The first kappa shape index (κ1) is 29.4. The third-order valence-electron chi connectivity index (χ3n) is 5.96. The zero-order chi connectivity index (χ0) is 19.3. The van der Waals surface area contributed by atoms with E-state index in [1.165, 1.54) is 120 Å². The maximum Gasteiger partial charge on any atom is 0.0806 e. The summed E-state index contributed by atoms with van der Waals surface area (Å²) in [7, 11) is 2.43. The first-order valence-electron chi connectivity index (χ1n) is 12.1. The molecule has 1 N–H and O–H groups in total. The Morgan fingerprint density at radius 2 is 0.778 bits per heavy atom. The van der Waals surface area contributed by atoms with Crippen molar-refractivity contribution < 1.29 is 22.0 Å². The highest BCUT2D eigenvalue weighted by Crippen LogP contribution is 2.15. The monoisotopic (exact) mass is 405 g/mol. The summed E-state index contributed by atoms with van der Waals surface area (Å²) < 4.78 is 1.19. The molecule has 0 saturated carbocycles. The minimum atomic E-state index is 0. The molecule has 0 amide bonds. The van der Waals surface area contributed by atoms with Crippen LogP contribution in [0.2, 0.25) is 0 Å². The van der Waals surface area contributed by atoms with E-state index in [1.54, 1.807) is 0 Å². The van der Waals surface area contributed by atoms with Crippen LogP contribution in [0.15, 0.2) is 0 Å². The van der Waals surface area contributed by atoms with Gasteiger partial charge in [-0.1, -0.05) is 90.9 Å². The summed E-state index contributed by atoms with van der Waals surface area (Å²) >= 11 is 0. The maximum absolute atomic E-state index is 9.24. The van der Waals surface area contributed by atoms with E-state index in [9.17, 15) is 5.11 Å². The molecule has 0 aromatic carbocycles. The molecule has 2 nitrogen and oxygen atoms in total. The number of aliphatic hydroxyl groups is 1. The minimum absolute atomic E-state index is 0. The number of nitrogens with zero attached hydrogens (tertiary/aromatic N) is 1. The van der Waals surface area contributed by atoms with Crippen LogP contribution < -0.4 is 12.4 Å². The molecule has 0 aromatic rings. The summed E-state index contributed by atoms with van der Waals surface area (Å²) in [4.78, 5) is 0. The molecule has 0 aromatic heterocycles. The van der Waals surface area contributed by atoms with Crippen molar-refractivity contribution in [2.75, 3.05) is 33.3 Å². The quantitative estimate of drug-likeness (QED) is 0.225. The van der Waals surface area contributed by atoms with E-state index in [2.05, 4.69) is 20.9 Å². The maximum atomic E-state index is 9.24. The van der Waals surface area contributed by atoms with Gasteiger partial charge in [0.15, 0.2) is 0 Å². The molecule has 0 spiro atoms.